The highest BCUT2D eigenvalue weighted by molar-refractivity contribution is 7.98. The van der Waals surface area contributed by atoms with Crippen molar-refractivity contribution in [3.05, 3.63) is 47.8 Å². The van der Waals surface area contributed by atoms with Gasteiger partial charge in [-0.15, -0.1) is 0 Å². The Kier molecular flexibility index (Phi) is 5.61. The molecule has 0 spiro atoms. The quantitative estimate of drug-likeness (QED) is 0.834. The molecule has 3 rings (SSSR count). The number of hydrogen-bond acceptors (Lipinski definition) is 3. The van der Waals surface area contributed by atoms with E-state index in [9.17, 15) is 4.79 Å². The van der Waals surface area contributed by atoms with E-state index in [4.69, 9.17) is 0 Å². The molecule has 1 aliphatic rings. The van der Waals surface area contributed by atoms with E-state index >= 15 is 0 Å². The summed E-state index contributed by atoms with van der Waals surface area (Å²) in [5.41, 5.74) is 1.95. The van der Waals surface area contributed by atoms with Crippen LogP contribution in [0.2, 0.25) is 0 Å². The van der Waals surface area contributed by atoms with Gasteiger partial charge in [-0.3, -0.25) is 4.79 Å². The first-order chi connectivity index (χ1) is 11.6. The molecule has 24 heavy (non-hydrogen) atoms. The maximum atomic E-state index is 12.4. The summed E-state index contributed by atoms with van der Waals surface area (Å²) in [6.45, 7) is 2.24. The van der Waals surface area contributed by atoms with Crippen LogP contribution in [-0.2, 0) is 12.8 Å². The van der Waals surface area contributed by atoms with E-state index in [0.717, 1.165) is 22.9 Å². The molecule has 1 heterocycles. The van der Waals surface area contributed by atoms with Crippen molar-refractivity contribution in [1.29, 1.82) is 0 Å². The lowest BCUT2D eigenvalue weighted by Crippen LogP contribution is -2.41. The highest BCUT2D eigenvalue weighted by Gasteiger charge is 2.23. The van der Waals surface area contributed by atoms with E-state index in [-0.39, 0.29) is 5.91 Å². The van der Waals surface area contributed by atoms with Gasteiger partial charge in [-0.1, -0.05) is 43.7 Å². The van der Waals surface area contributed by atoms with Gasteiger partial charge in [0.2, 0.25) is 0 Å². The van der Waals surface area contributed by atoms with Crippen LogP contribution in [0.25, 0.3) is 0 Å². The molecule has 1 amide bonds. The predicted octanol–water partition coefficient (Wildman–Crippen LogP) is 4.02. The summed E-state index contributed by atoms with van der Waals surface area (Å²) in [5, 5.41) is 4.21. The average molecular weight is 343 g/mol. The number of thioether (sulfide) groups is 1. The number of rotatable bonds is 5. The summed E-state index contributed by atoms with van der Waals surface area (Å²) in [5.74, 6) is 1.49. The summed E-state index contributed by atoms with van der Waals surface area (Å²) in [6.07, 6.45) is 8.58. The van der Waals surface area contributed by atoms with Crippen molar-refractivity contribution in [3.63, 3.8) is 0 Å². The third-order valence-electron chi connectivity index (χ3n) is 4.79. The molecule has 1 aromatic carbocycles. The fraction of sp³-hybridized carbons (Fsp3) is 0.474. The Morgan fingerprint density at radius 1 is 1.29 bits per heavy atom. The van der Waals surface area contributed by atoms with E-state index in [0.29, 0.717) is 12.0 Å². The van der Waals surface area contributed by atoms with Crippen LogP contribution in [0.5, 0.6) is 0 Å². The molecule has 1 aromatic heterocycles. The molecule has 0 aliphatic heterocycles. The van der Waals surface area contributed by atoms with Crippen LogP contribution in [0.4, 0.5) is 0 Å². The molecule has 2 unspecified atom stereocenters. The molecule has 1 aliphatic carbocycles. The van der Waals surface area contributed by atoms with Gasteiger partial charge in [0.25, 0.3) is 5.91 Å². The minimum absolute atomic E-state index is 0.0528. The maximum Gasteiger partial charge on any atom is 0.251 e. The molecule has 128 valence electrons. The van der Waals surface area contributed by atoms with Crippen LogP contribution in [-0.4, -0.2) is 21.5 Å². The molecule has 0 saturated heterocycles. The molecular formula is C19H25N3OS. The van der Waals surface area contributed by atoms with Gasteiger partial charge < -0.3 is 9.88 Å². The smallest absolute Gasteiger partial charge is 0.251 e. The van der Waals surface area contributed by atoms with Gasteiger partial charge in [0.05, 0.1) is 0 Å². The molecule has 2 aromatic rings. The van der Waals surface area contributed by atoms with Crippen LogP contribution < -0.4 is 5.32 Å². The first kappa shape index (κ1) is 17.1. The summed E-state index contributed by atoms with van der Waals surface area (Å²) in [7, 11) is 2.00. The van der Waals surface area contributed by atoms with Gasteiger partial charge in [0, 0.05) is 36.8 Å². The normalized spacial score (nSPS) is 20.8. The molecule has 2 atom stereocenters. The number of amides is 1. The number of imidazole rings is 1. The van der Waals surface area contributed by atoms with Crippen LogP contribution >= 0.6 is 11.8 Å². The fourth-order valence-corrected chi connectivity index (χ4v) is 4.06. The highest BCUT2D eigenvalue weighted by Crippen LogP contribution is 2.24. The number of nitrogens with zero attached hydrogens (tertiary/aromatic N) is 2. The van der Waals surface area contributed by atoms with Crippen molar-refractivity contribution in [1.82, 2.24) is 14.9 Å². The van der Waals surface area contributed by atoms with Gasteiger partial charge in [0.1, 0.15) is 0 Å². The van der Waals surface area contributed by atoms with E-state index in [2.05, 4.69) is 17.2 Å². The van der Waals surface area contributed by atoms with Gasteiger partial charge in [-0.25, -0.2) is 4.98 Å². The topological polar surface area (TPSA) is 46.9 Å². The molecule has 4 nitrogen and oxygen atoms in total. The summed E-state index contributed by atoms with van der Waals surface area (Å²) in [6, 6.07) is 8.25. The molecule has 5 heteroatoms. The van der Waals surface area contributed by atoms with Gasteiger partial charge in [0.15, 0.2) is 5.16 Å². The van der Waals surface area contributed by atoms with Crippen molar-refractivity contribution in [3.8, 4) is 0 Å². The van der Waals surface area contributed by atoms with Crippen LogP contribution in [0.15, 0.2) is 41.8 Å². The van der Waals surface area contributed by atoms with Gasteiger partial charge in [-0.2, -0.15) is 0 Å². The lowest BCUT2D eigenvalue weighted by atomic mass is 9.86. The Labute approximate surface area is 148 Å². The Bertz CT molecular complexity index is 680. The Morgan fingerprint density at radius 3 is 2.71 bits per heavy atom. The Balaban J connectivity index is 1.55. The minimum Gasteiger partial charge on any atom is -0.349 e. The van der Waals surface area contributed by atoms with Crippen molar-refractivity contribution in [2.45, 2.75) is 49.6 Å². The number of carbonyl (C=O) groups is 1. The first-order valence-corrected chi connectivity index (χ1v) is 9.62. The standard InChI is InChI=1S/C19H25N3OS/c1-14-5-3-4-6-17(14)21-18(23)16-9-7-15(8-10-16)13-24-19-20-11-12-22(19)2/h7-12,14,17H,3-6,13H2,1-2H3,(H,21,23). The zero-order valence-corrected chi connectivity index (χ0v) is 15.2. The lowest BCUT2D eigenvalue weighted by molar-refractivity contribution is 0.0910. The van der Waals surface area contributed by atoms with Crippen molar-refractivity contribution < 1.29 is 4.79 Å². The van der Waals surface area contributed by atoms with Crippen LogP contribution in [0, 0.1) is 5.92 Å². The third-order valence-corrected chi connectivity index (χ3v) is 5.92. The molecule has 1 fully saturated rings. The number of benzene rings is 1. The Morgan fingerprint density at radius 2 is 2.04 bits per heavy atom. The number of nitrogens with one attached hydrogen (secondary N) is 1. The van der Waals surface area contributed by atoms with Crippen molar-refractivity contribution >= 4 is 17.7 Å². The summed E-state index contributed by atoms with van der Waals surface area (Å²) in [4.78, 5) is 16.7. The summed E-state index contributed by atoms with van der Waals surface area (Å²) < 4.78 is 2.01. The molecule has 1 saturated carbocycles. The second-order valence-electron chi connectivity index (χ2n) is 6.65. The Hall–Kier alpha value is -1.75. The number of aromatic nitrogens is 2. The van der Waals surface area contributed by atoms with E-state index in [1.54, 1.807) is 11.8 Å². The molecule has 0 radical (unpaired) electrons. The van der Waals surface area contributed by atoms with Crippen LogP contribution in [0.1, 0.15) is 48.5 Å². The third kappa shape index (κ3) is 4.20. The first-order valence-electron chi connectivity index (χ1n) is 8.63. The average Bonchev–Trinajstić information content (AvgIpc) is 3.00. The maximum absolute atomic E-state index is 12.4. The van der Waals surface area contributed by atoms with Gasteiger partial charge in [-0.05, 0) is 36.5 Å². The lowest BCUT2D eigenvalue weighted by Gasteiger charge is -2.29. The summed E-state index contributed by atoms with van der Waals surface area (Å²) >= 11 is 1.70. The number of aryl methyl sites for hydroxylation is 1. The monoisotopic (exact) mass is 343 g/mol. The largest absolute Gasteiger partial charge is 0.349 e. The second kappa shape index (κ2) is 7.88. The van der Waals surface area contributed by atoms with E-state index in [1.165, 1.54) is 24.8 Å². The highest BCUT2D eigenvalue weighted by atomic mass is 32.2. The minimum atomic E-state index is 0.0528. The van der Waals surface area contributed by atoms with E-state index < -0.39 is 0 Å². The number of carbonyl (C=O) groups excluding carboxylic acids is 1. The van der Waals surface area contributed by atoms with Gasteiger partial charge >= 0.3 is 0 Å². The zero-order chi connectivity index (χ0) is 16.9. The SMILES string of the molecule is CC1CCCCC1NC(=O)c1ccc(CSc2nccn2C)cc1. The zero-order valence-electron chi connectivity index (χ0n) is 14.4. The molecule has 0 bridgehead atoms. The van der Waals surface area contributed by atoms with Crippen LogP contribution in [0.3, 0.4) is 0 Å². The second-order valence-corrected chi connectivity index (χ2v) is 7.59. The predicted molar refractivity (Wildman–Crippen MR) is 98.1 cm³/mol. The molecule has 1 N–H and O–H groups in total. The fourth-order valence-electron chi connectivity index (χ4n) is 3.17. The van der Waals surface area contributed by atoms with Crippen molar-refractivity contribution in [2.75, 3.05) is 0 Å². The van der Waals surface area contributed by atoms with E-state index in [1.807, 2.05) is 48.3 Å². The molecular weight excluding hydrogens is 318 g/mol. The number of hydrogen-bond donors (Lipinski definition) is 1. The van der Waals surface area contributed by atoms with Crippen molar-refractivity contribution in [2.24, 2.45) is 13.0 Å².